The lowest BCUT2D eigenvalue weighted by Gasteiger charge is -2.27. The first-order valence-electron chi connectivity index (χ1n) is 8.62. The molecular weight excluding hydrogens is 312 g/mol. The normalized spacial score (nSPS) is 13.4. The largest absolute Gasteiger partial charge is 0.492 e. The molecule has 0 aromatic heterocycles. The van der Waals surface area contributed by atoms with Crippen LogP contribution in [0.15, 0.2) is 30.3 Å². The molecule has 0 saturated carbocycles. The predicted molar refractivity (Wildman–Crippen MR) is 102 cm³/mol. The molecule has 3 heteroatoms. The van der Waals surface area contributed by atoms with Crippen molar-refractivity contribution in [1.82, 2.24) is 0 Å². The van der Waals surface area contributed by atoms with Crippen molar-refractivity contribution < 1.29 is 14.6 Å². The topological polar surface area (TPSA) is 46.5 Å². The van der Waals surface area contributed by atoms with Crippen LogP contribution in [-0.2, 0) is 11.2 Å². The van der Waals surface area contributed by atoms with Gasteiger partial charge in [-0.05, 0) is 81.8 Å². The Morgan fingerprint density at radius 3 is 2.12 bits per heavy atom. The Labute approximate surface area is 150 Å². The average Bonchev–Trinajstić information content (AvgIpc) is 2.51. The van der Waals surface area contributed by atoms with Gasteiger partial charge >= 0.3 is 5.97 Å². The summed E-state index contributed by atoms with van der Waals surface area (Å²) in [5.41, 5.74) is 5.70. The van der Waals surface area contributed by atoms with E-state index in [0.717, 1.165) is 33.6 Å². The van der Waals surface area contributed by atoms with Gasteiger partial charge in [-0.3, -0.25) is 4.79 Å². The number of benzene rings is 2. The maximum absolute atomic E-state index is 12.0. The first-order chi connectivity index (χ1) is 11.6. The Morgan fingerprint density at radius 2 is 1.56 bits per heavy atom. The summed E-state index contributed by atoms with van der Waals surface area (Å²) in [6.07, 6.45) is 0.450. The summed E-state index contributed by atoms with van der Waals surface area (Å²) in [7, 11) is 0. The number of aliphatic carboxylic acids is 1. The van der Waals surface area contributed by atoms with Crippen LogP contribution >= 0.6 is 0 Å². The number of carbonyl (C=O) groups is 1. The molecule has 2 aromatic carbocycles. The third-order valence-corrected chi connectivity index (χ3v) is 4.81. The number of hydrogen-bond acceptors (Lipinski definition) is 2. The Hall–Kier alpha value is -2.29. The highest BCUT2D eigenvalue weighted by Gasteiger charge is 2.35. The molecule has 0 heterocycles. The molecule has 0 aliphatic carbocycles. The van der Waals surface area contributed by atoms with Gasteiger partial charge < -0.3 is 9.84 Å². The van der Waals surface area contributed by atoms with Gasteiger partial charge in [0.25, 0.3) is 0 Å². The van der Waals surface area contributed by atoms with E-state index in [1.54, 1.807) is 6.92 Å². The van der Waals surface area contributed by atoms with Crippen LogP contribution < -0.4 is 4.74 Å². The highest BCUT2D eigenvalue weighted by molar-refractivity contribution is 5.75. The number of aryl methyl sites for hydroxylation is 5. The second-order valence-electron chi connectivity index (χ2n) is 7.48. The summed E-state index contributed by atoms with van der Waals surface area (Å²) in [5.74, 6) is -0.0815. The van der Waals surface area contributed by atoms with E-state index in [-0.39, 0.29) is 6.61 Å². The van der Waals surface area contributed by atoms with Gasteiger partial charge in [0.1, 0.15) is 17.8 Å². The molecule has 25 heavy (non-hydrogen) atoms. The molecular formula is C22H28O3. The molecule has 134 valence electrons. The van der Waals surface area contributed by atoms with Crippen molar-refractivity contribution in [2.45, 2.75) is 48.0 Å². The zero-order valence-corrected chi connectivity index (χ0v) is 16.1. The maximum atomic E-state index is 12.0. The lowest BCUT2D eigenvalue weighted by Crippen LogP contribution is -2.37. The van der Waals surface area contributed by atoms with Crippen molar-refractivity contribution in [3.8, 4) is 5.75 Å². The maximum Gasteiger partial charge on any atom is 0.313 e. The zero-order valence-electron chi connectivity index (χ0n) is 16.1. The Morgan fingerprint density at radius 1 is 0.960 bits per heavy atom. The average molecular weight is 340 g/mol. The standard InChI is InChI=1S/C22H28O3/c1-14-7-8-16(3)20(11-14)25-13-22(6,21(23)24)12-19-17(4)9-15(2)10-18(19)5/h7-11H,12-13H2,1-6H3,(H,23,24). The van der Waals surface area contributed by atoms with Gasteiger partial charge in [0.2, 0.25) is 0 Å². The minimum absolute atomic E-state index is 0.138. The second-order valence-corrected chi connectivity index (χ2v) is 7.48. The van der Waals surface area contributed by atoms with E-state index in [2.05, 4.69) is 19.1 Å². The minimum Gasteiger partial charge on any atom is -0.492 e. The first kappa shape index (κ1) is 19.0. The van der Waals surface area contributed by atoms with E-state index < -0.39 is 11.4 Å². The molecule has 0 spiro atoms. The lowest BCUT2D eigenvalue weighted by atomic mass is 9.81. The summed E-state index contributed by atoms with van der Waals surface area (Å²) in [6, 6.07) is 10.2. The van der Waals surface area contributed by atoms with Crippen molar-refractivity contribution in [2.75, 3.05) is 6.61 Å². The van der Waals surface area contributed by atoms with E-state index in [1.165, 1.54) is 5.56 Å². The summed E-state index contributed by atoms with van der Waals surface area (Å²) < 4.78 is 5.94. The SMILES string of the molecule is Cc1cc(C)c(CC(C)(COc2cc(C)ccc2C)C(=O)O)c(C)c1. The number of ether oxygens (including phenoxy) is 1. The summed E-state index contributed by atoms with van der Waals surface area (Å²) in [4.78, 5) is 12.0. The van der Waals surface area contributed by atoms with E-state index in [9.17, 15) is 9.90 Å². The molecule has 1 atom stereocenters. The molecule has 0 amide bonds. The smallest absolute Gasteiger partial charge is 0.313 e. The van der Waals surface area contributed by atoms with Crippen LogP contribution in [0.1, 0.15) is 40.3 Å². The molecule has 1 N–H and O–H groups in total. The summed E-state index contributed by atoms with van der Waals surface area (Å²) in [6.45, 7) is 12.0. The van der Waals surface area contributed by atoms with Gasteiger partial charge in [-0.2, -0.15) is 0 Å². The zero-order chi connectivity index (χ0) is 18.8. The molecule has 0 aliphatic heterocycles. The third kappa shape index (κ3) is 4.41. The number of hydrogen-bond donors (Lipinski definition) is 1. The fraction of sp³-hybridized carbons (Fsp3) is 0.409. The Balaban J connectivity index is 2.27. The molecule has 3 nitrogen and oxygen atoms in total. The van der Waals surface area contributed by atoms with E-state index in [0.29, 0.717) is 6.42 Å². The number of rotatable bonds is 6. The van der Waals surface area contributed by atoms with Crippen LogP contribution in [0.5, 0.6) is 5.75 Å². The van der Waals surface area contributed by atoms with Crippen molar-refractivity contribution in [3.63, 3.8) is 0 Å². The van der Waals surface area contributed by atoms with Crippen LogP contribution in [0, 0.1) is 40.0 Å². The molecule has 0 bridgehead atoms. The van der Waals surface area contributed by atoms with E-state index in [4.69, 9.17) is 4.74 Å². The third-order valence-electron chi connectivity index (χ3n) is 4.81. The molecule has 2 aromatic rings. The van der Waals surface area contributed by atoms with Gasteiger partial charge in [-0.15, -0.1) is 0 Å². The van der Waals surface area contributed by atoms with Crippen molar-refractivity contribution in [1.29, 1.82) is 0 Å². The van der Waals surface area contributed by atoms with Crippen LogP contribution in [0.4, 0.5) is 0 Å². The first-order valence-corrected chi connectivity index (χ1v) is 8.62. The fourth-order valence-electron chi connectivity index (χ4n) is 3.17. The molecule has 0 aliphatic rings. The van der Waals surface area contributed by atoms with Crippen LogP contribution in [0.3, 0.4) is 0 Å². The molecule has 0 saturated heterocycles. The molecule has 0 fully saturated rings. The lowest BCUT2D eigenvalue weighted by molar-refractivity contribution is -0.149. The van der Waals surface area contributed by atoms with Crippen molar-refractivity contribution in [3.05, 3.63) is 63.7 Å². The monoisotopic (exact) mass is 340 g/mol. The van der Waals surface area contributed by atoms with E-state index in [1.807, 2.05) is 45.9 Å². The molecule has 0 radical (unpaired) electrons. The highest BCUT2D eigenvalue weighted by atomic mass is 16.5. The number of carboxylic acids is 1. The van der Waals surface area contributed by atoms with Gasteiger partial charge in [0, 0.05) is 0 Å². The quantitative estimate of drug-likeness (QED) is 0.810. The van der Waals surface area contributed by atoms with E-state index >= 15 is 0 Å². The van der Waals surface area contributed by atoms with Crippen LogP contribution in [-0.4, -0.2) is 17.7 Å². The molecule has 2 rings (SSSR count). The van der Waals surface area contributed by atoms with Gasteiger partial charge in [0.05, 0.1) is 0 Å². The van der Waals surface area contributed by atoms with Crippen molar-refractivity contribution >= 4 is 5.97 Å². The van der Waals surface area contributed by atoms with Crippen molar-refractivity contribution in [2.24, 2.45) is 5.41 Å². The number of carboxylic acid groups (broad SMARTS) is 1. The summed E-state index contributed by atoms with van der Waals surface area (Å²) >= 11 is 0. The van der Waals surface area contributed by atoms with Crippen LogP contribution in [0.2, 0.25) is 0 Å². The Kier molecular flexibility index (Phi) is 5.56. The van der Waals surface area contributed by atoms with Gasteiger partial charge in [-0.25, -0.2) is 0 Å². The summed E-state index contributed by atoms with van der Waals surface area (Å²) in [5, 5.41) is 9.85. The van der Waals surface area contributed by atoms with Gasteiger partial charge in [-0.1, -0.05) is 29.8 Å². The predicted octanol–water partition coefficient (Wildman–Crippen LogP) is 4.94. The minimum atomic E-state index is -0.985. The Bertz CT molecular complexity index is 769. The fourth-order valence-corrected chi connectivity index (χ4v) is 3.17. The second kappa shape index (κ2) is 7.30. The highest BCUT2D eigenvalue weighted by Crippen LogP contribution is 2.30. The molecule has 1 unspecified atom stereocenters. The van der Waals surface area contributed by atoms with Crippen LogP contribution in [0.25, 0.3) is 0 Å². The van der Waals surface area contributed by atoms with Gasteiger partial charge in [0.15, 0.2) is 0 Å².